The molecule has 0 radical (unpaired) electrons. The Labute approximate surface area is 177 Å². The zero-order valence-corrected chi connectivity index (χ0v) is 17.0. The van der Waals surface area contributed by atoms with E-state index in [0.29, 0.717) is 41.8 Å². The van der Waals surface area contributed by atoms with E-state index in [-0.39, 0.29) is 11.9 Å². The molecule has 1 amide bonds. The number of aromatic nitrogens is 2. The summed E-state index contributed by atoms with van der Waals surface area (Å²) in [5.74, 6) is -0.190. The van der Waals surface area contributed by atoms with E-state index in [0.717, 1.165) is 15.8 Å². The molecule has 0 fully saturated rings. The Balaban J connectivity index is 1.37. The number of hydrogen-bond donors (Lipinski definition) is 0. The number of nitriles is 2. The van der Waals surface area contributed by atoms with E-state index in [9.17, 15) is 4.79 Å². The third-order valence-corrected chi connectivity index (χ3v) is 6.12. The molecule has 0 spiro atoms. The topological polar surface area (TPSA) is 98.1 Å². The van der Waals surface area contributed by atoms with Crippen molar-refractivity contribution in [3.05, 3.63) is 64.0 Å². The summed E-state index contributed by atoms with van der Waals surface area (Å²) >= 11 is 1.39. The molecule has 0 bridgehead atoms. The van der Waals surface area contributed by atoms with Gasteiger partial charge >= 0.3 is 0 Å². The molecule has 4 rings (SSSR count). The molecule has 0 saturated heterocycles. The fraction of sp³-hybridized carbons (Fsp3) is 0.227. The number of aryl methyl sites for hydroxylation is 1. The molecule has 3 aromatic rings. The molecule has 1 atom stereocenters. The number of fused-ring (bicyclic) bond motifs is 1. The minimum Gasteiger partial charge on any atom is -0.268 e. The van der Waals surface area contributed by atoms with Gasteiger partial charge in [0, 0.05) is 35.0 Å². The Hall–Kier alpha value is -3.75. The Morgan fingerprint density at radius 2 is 2.13 bits per heavy atom. The van der Waals surface area contributed by atoms with E-state index in [4.69, 9.17) is 10.5 Å². The van der Waals surface area contributed by atoms with Crippen LogP contribution in [-0.2, 0) is 11.3 Å². The first-order chi connectivity index (χ1) is 14.6. The van der Waals surface area contributed by atoms with E-state index in [2.05, 4.69) is 28.9 Å². The highest BCUT2D eigenvalue weighted by atomic mass is 32.1. The van der Waals surface area contributed by atoms with Crippen LogP contribution >= 0.6 is 11.3 Å². The maximum absolute atomic E-state index is 12.9. The normalized spacial score (nSPS) is 15.3. The van der Waals surface area contributed by atoms with Crippen LogP contribution in [0, 0.1) is 22.7 Å². The first kappa shape index (κ1) is 19.6. The molecule has 3 heterocycles. The Bertz CT molecular complexity index is 1240. The summed E-state index contributed by atoms with van der Waals surface area (Å²) < 4.78 is 1.88. The van der Waals surface area contributed by atoms with Crippen molar-refractivity contribution in [2.45, 2.75) is 31.8 Å². The third kappa shape index (κ3) is 3.73. The highest BCUT2D eigenvalue weighted by Gasteiger charge is 2.30. The fourth-order valence-corrected chi connectivity index (χ4v) is 4.39. The van der Waals surface area contributed by atoms with Crippen LogP contribution in [0.1, 0.15) is 40.6 Å². The first-order valence-electron chi connectivity index (χ1n) is 9.50. The van der Waals surface area contributed by atoms with Crippen molar-refractivity contribution < 1.29 is 4.79 Å². The minimum atomic E-state index is -0.190. The SMILES string of the molecule is C=C(CCCn1ncc2cc(C#N)ccc21)C(=O)N1N=CCC1c1ccc(C#N)s1. The van der Waals surface area contributed by atoms with Crippen LogP contribution in [0.25, 0.3) is 10.9 Å². The number of hydrazone groups is 1. The molecule has 0 saturated carbocycles. The van der Waals surface area contributed by atoms with Gasteiger partial charge in [0.2, 0.25) is 0 Å². The van der Waals surface area contributed by atoms with Crippen LogP contribution in [0.2, 0.25) is 0 Å². The van der Waals surface area contributed by atoms with E-state index in [1.807, 2.05) is 22.9 Å². The van der Waals surface area contributed by atoms with E-state index in [1.165, 1.54) is 16.3 Å². The summed E-state index contributed by atoms with van der Waals surface area (Å²) in [6.07, 6.45) is 5.35. The van der Waals surface area contributed by atoms with Gasteiger partial charge in [0.15, 0.2) is 0 Å². The second kappa shape index (κ2) is 8.32. The standard InChI is InChI=1S/C22H18N6OS/c1-15(3-2-10-27-19-6-4-16(12-23)11-17(19)14-26-27)22(29)28-20(8-9-25-28)21-7-5-18(13-24)30-21/h4-7,9,11,14,20H,1-3,8,10H2. The molecule has 1 aromatic carbocycles. The number of nitrogens with zero attached hydrogens (tertiary/aromatic N) is 6. The monoisotopic (exact) mass is 414 g/mol. The van der Waals surface area contributed by atoms with Gasteiger partial charge in [-0.05, 0) is 43.2 Å². The van der Waals surface area contributed by atoms with Crippen LogP contribution in [-0.4, -0.2) is 26.9 Å². The van der Waals surface area contributed by atoms with Gasteiger partial charge < -0.3 is 0 Å². The smallest absolute Gasteiger partial charge is 0.268 e. The largest absolute Gasteiger partial charge is 0.269 e. The molecule has 1 aliphatic heterocycles. The molecule has 148 valence electrons. The molecular formula is C22H18N6OS. The number of amides is 1. The zero-order valence-electron chi connectivity index (χ0n) is 16.2. The summed E-state index contributed by atoms with van der Waals surface area (Å²) in [5, 5.41) is 29.1. The van der Waals surface area contributed by atoms with Crippen LogP contribution < -0.4 is 0 Å². The summed E-state index contributed by atoms with van der Waals surface area (Å²) in [5.41, 5.74) is 2.06. The zero-order chi connectivity index (χ0) is 21.1. The predicted octanol–water partition coefficient (Wildman–Crippen LogP) is 4.14. The van der Waals surface area contributed by atoms with E-state index in [1.54, 1.807) is 24.5 Å². The molecule has 1 aliphatic rings. The summed E-state index contributed by atoms with van der Waals surface area (Å²) in [6, 6.07) is 13.2. The van der Waals surface area contributed by atoms with Crippen molar-refractivity contribution in [1.82, 2.24) is 14.8 Å². The van der Waals surface area contributed by atoms with Gasteiger partial charge in [-0.1, -0.05) is 6.58 Å². The van der Waals surface area contributed by atoms with Crippen LogP contribution in [0.3, 0.4) is 0 Å². The number of benzene rings is 1. The van der Waals surface area contributed by atoms with Gasteiger partial charge in [0.1, 0.15) is 10.9 Å². The van der Waals surface area contributed by atoms with Crippen molar-refractivity contribution in [3.8, 4) is 12.1 Å². The predicted molar refractivity (Wildman–Crippen MR) is 115 cm³/mol. The molecule has 30 heavy (non-hydrogen) atoms. The molecule has 1 unspecified atom stereocenters. The molecule has 8 heteroatoms. The van der Waals surface area contributed by atoms with Crippen molar-refractivity contribution in [1.29, 1.82) is 10.5 Å². The lowest BCUT2D eigenvalue weighted by Gasteiger charge is -2.21. The lowest BCUT2D eigenvalue weighted by Crippen LogP contribution is -2.27. The average molecular weight is 414 g/mol. The number of rotatable bonds is 6. The van der Waals surface area contributed by atoms with Crippen molar-refractivity contribution in [2.24, 2.45) is 5.10 Å². The molecule has 0 aliphatic carbocycles. The van der Waals surface area contributed by atoms with Gasteiger partial charge in [-0.15, -0.1) is 11.3 Å². The Morgan fingerprint density at radius 3 is 2.90 bits per heavy atom. The van der Waals surface area contributed by atoms with Gasteiger partial charge in [-0.2, -0.15) is 20.7 Å². The number of hydrogen-bond acceptors (Lipinski definition) is 6. The number of carbonyl (C=O) groups excluding carboxylic acids is 1. The molecule has 7 nitrogen and oxygen atoms in total. The third-order valence-electron chi connectivity index (χ3n) is 5.03. The van der Waals surface area contributed by atoms with E-state index < -0.39 is 0 Å². The second-order valence-corrected chi connectivity index (χ2v) is 8.09. The Morgan fingerprint density at radius 1 is 1.27 bits per heavy atom. The number of carbonyl (C=O) groups is 1. The average Bonchev–Trinajstić information content (AvgIpc) is 3.51. The van der Waals surface area contributed by atoms with Gasteiger partial charge in [0.05, 0.1) is 29.4 Å². The molecule has 0 N–H and O–H groups in total. The van der Waals surface area contributed by atoms with E-state index >= 15 is 0 Å². The fourth-order valence-electron chi connectivity index (χ4n) is 3.48. The summed E-state index contributed by atoms with van der Waals surface area (Å²) in [6.45, 7) is 4.62. The maximum Gasteiger partial charge on any atom is 0.269 e. The minimum absolute atomic E-state index is 0.175. The van der Waals surface area contributed by atoms with Crippen molar-refractivity contribution in [3.63, 3.8) is 0 Å². The van der Waals surface area contributed by atoms with Crippen LogP contribution in [0.15, 0.2) is 53.8 Å². The van der Waals surface area contributed by atoms with Crippen molar-refractivity contribution in [2.75, 3.05) is 0 Å². The highest BCUT2D eigenvalue weighted by Crippen LogP contribution is 2.34. The summed E-state index contributed by atoms with van der Waals surface area (Å²) in [7, 11) is 0. The van der Waals surface area contributed by atoms with Crippen molar-refractivity contribution >= 4 is 34.4 Å². The highest BCUT2D eigenvalue weighted by molar-refractivity contribution is 7.12. The lowest BCUT2D eigenvalue weighted by atomic mass is 10.1. The van der Waals surface area contributed by atoms with Crippen LogP contribution in [0.4, 0.5) is 0 Å². The van der Waals surface area contributed by atoms with Gasteiger partial charge in [-0.3, -0.25) is 9.48 Å². The molecular weight excluding hydrogens is 396 g/mol. The van der Waals surface area contributed by atoms with Gasteiger partial charge in [-0.25, -0.2) is 5.01 Å². The first-order valence-corrected chi connectivity index (χ1v) is 10.3. The number of thiophene rings is 1. The quantitative estimate of drug-likeness (QED) is 0.566. The lowest BCUT2D eigenvalue weighted by molar-refractivity contribution is -0.129. The maximum atomic E-state index is 12.9. The Kier molecular flexibility index (Phi) is 5.42. The van der Waals surface area contributed by atoms with Crippen LogP contribution in [0.5, 0.6) is 0 Å². The summed E-state index contributed by atoms with van der Waals surface area (Å²) in [4.78, 5) is 14.5. The van der Waals surface area contributed by atoms with Gasteiger partial charge in [0.25, 0.3) is 5.91 Å². The second-order valence-electron chi connectivity index (χ2n) is 6.97. The molecule has 2 aromatic heterocycles.